The van der Waals surface area contributed by atoms with Crippen molar-refractivity contribution >= 4 is 26.4 Å². The number of halogens is 1. The normalized spacial score (nSPS) is 9.44. The molecule has 1 heterocycles. The summed E-state index contributed by atoms with van der Waals surface area (Å²) in [6.07, 6.45) is 1.96. The van der Waals surface area contributed by atoms with Crippen LogP contribution in [0.25, 0.3) is 0 Å². The quantitative estimate of drug-likeness (QED) is 0.578. The van der Waals surface area contributed by atoms with E-state index in [0.29, 0.717) is 6.42 Å². The third-order valence-electron chi connectivity index (χ3n) is 0.893. The van der Waals surface area contributed by atoms with Gasteiger partial charge in [0.2, 0.25) is 0 Å². The predicted molar refractivity (Wildman–Crippen MR) is 41.4 cm³/mol. The molecule has 0 aliphatic carbocycles. The molecule has 0 saturated heterocycles. The molecule has 0 radical (unpaired) electrons. The van der Waals surface area contributed by atoms with Crippen LogP contribution >= 0.6 is 22.6 Å². The largest absolute Gasteiger partial charge is 0.469 e. The van der Waals surface area contributed by atoms with E-state index in [4.69, 9.17) is 4.42 Å². The van der Waals surface area contributed by atoms with Crippen LogP contribution in [0.4, 0.5) is 0 Å². The molecule has 0 bridgehead atoms. The van der Waals surface area contributed by atoms with Gasteiger partial charge >= 0.3 is 0 Å². The van der Waals surface area contributed by atoms with Crippen LogP contribution in [0.15, 0.2) is 22.8 Å². The van der Waals surface area contributed by atoms with Crippen LogP contribution in [-0.2, 0) is 11.2 Å². The standard InChI is InChI=1S/C6H5IO2/c7-6(8)4-5-2-1-3-9-5/h1-3H,4H2. The number of furan rings is 1. The Labute approximate surface area is 66.4 Å². The van der Waals surface area contributed by atoms with E-state index >= 15 is 0 Å². The molecule has 9 heavy (non-hydrogen) atoms. The number of carbonyl (C=O) groups is 1. The molecule has 0 saturated carbocycles. The van der Waals surface area contributed by atoms with Crippen LogP contribution in [0.1, 0.15) is 5.76 Å². The van der Waals surface area contributed by atoms with E-state index < -0.39 is 0 Å². The SMILES string of the molecule is O=C(I)Cc1ccco1. The van der Waals surface area contributed by atoms with Gasteiger partial charge in [-0.25, -0.2) is 0 Å². The number of rotatable bonds is 2. The lowest BCUT2D eigenvalue weighted by molar-refractivity contribution is -0.109. The van der Waals surface area contributed by atoms with E-state index in [9.17, 15) is 4.79 Å². The lowest BCUT2D eigenvalue weighted by atomic mass is 10.4. The average molecular weight is 236 g/mol. The minimum absolute atomic E-state index is 0.0996. The summed E-state index contributed by atoms with van der Waals surface area (Å²) in [6.45, 7) is 0. The fraction of sp³-hybridized carbons (Fsp3) is 0.167. The number of carbonyl (C=O) groups excluding carboxylic acids is 1. The van der Waals surface area contributed by atoms with E-state index in [-0.39, 0.29) is 3.79 Å². The first-order valence-corrected chi connectivity index (χ1v) is 3.57. The van der Waals surface area contributed by atoms with Gasteiger partial charge in [0.15, 0.2) is 3.79 Å². The molecule has 0 spiro atoms. The van der Waals surface area contributed by atoms with E-state index in [1.807, 2.05) is 0 Å². The summed E-state index contributed by atoms with van der Waals surface area (Å²) in [6, 6.07) is 3.56. The lowest BCUT2D eigenvalue weighted by Crippen LogP contribution is -1.88. The zero-order valence-electron chi connectivity index (χ0n) is 4.63. The molecule has 0 N–H and O–H groups in total. The maximum atomic E-state index is 10.4. The van der Waals surface area contributed by atoms with Crippen molar-refractivity contribution < 1.29 is 9.21 Å². The Morgan fingerprint density at radius 3 is 3.00 bits per heavy atom. The lowest BCUT2D eigenvalue weighted by Gasteiger charge is -1.84. The molecular formula is C6H5IO2. The maximum absolute atomic E-state index is 10.4. The van der Waals surface area contributed by atoms with Gasteiger partial charge in [0, 0.05) is 22.6 Å². The molecule has 0 atom stereocenters. The molecule has 1 rings (SSSR count). The molecule has 0 fully saturated rings. The third kappa shape index (κ3) is 2.17. The second-order valence-corrected chi connectivity index (χ2v) is 2.81. The summed E-state index contributed by atoms with van der Waals surface area (Å²) < 4.78 is 5.02. The molecular weight excluding hydrogens is 231 g/mol. The van der Waals surface area contributed by atoms with Crippen molar-refractivity contribution in [1.82, 2.24) is 0 Å². The topological polar surface area (TPSA) is 30.2 Å². The van der Waals surface area contributed by atoms with Gasteiger partial charge in [-0.3, -0.25) is 4.79 Å². The van der Waals surface area contributed by atoms with Crippen LogP contribution in [-0.4, -0.2) is 3.79 Å². The van der Waals surface area contributed by atoms with Gasteiger partial charge in [-0.2, -0.15) is 0 Å². The summed E-state index contributed by atoms with van der Waals surface area (Å²) in [5.74, 6) is 0.731. The van der Waals surface area contributed by atoms with Gasteiger partial charge in [-0.15, -0.1) is 0 Å². The van der Waals surface area contributed by atoms with Gasteiger partial charge in [0.1, 0.15) is 5.76 Å². The van der Waals surface area contributed by atoms with Crippen molar-refractivity contribution in [2.75, 3.05) is 0 Å². The number of hydrogen-bond acceptors (Lipinski definition) is 2. The molecule has 0 amide bonds. The molecule has 1 aromatic heterocycles. The Hall–Kier alpha value is -0.320. The summed E-state index contributed by atoms with van der Waals surface area (Å²) >= 11 is 1.74. The van der Waals surface area contributed by atoms with Crippen LogP contribution in [0.3, 0.4) is 0 Å². The van der Waals surface area contributed by atoms with E-state index in [1.165, 1.54) is 0 Å². The van der Waals surface area contributed by atoms with E-state index in [1.54, 1.807) is 41.0 Å². The first-order valence-electron chi connectivity index (χ1n) is 2.50. The second kappa shape index (κ2) is 3.00. The first kappa shape index (κ1) is 6.80. The van der Waals surface area contributed by atoms with Crippen molar-refractivity contribution in [3.8, 4) is 0 Å². The minimum atomic E-state index is 0.0996. The van der Waals surface area contributed by atoms with Crippen LogP contribution in [0, 0.1) is 0 Å². The minimum Gasteiger partial charge on any atom is -0.469 e. The molecule has 3 heteroatoms. The molecule has 0 aliphatic heterocycles. The van der Waals surface area contributed by atoms with Gasteiger partial charge in [0.25, 0.3) is 0 Å². The molecule has 0 aromatic carbocycles. The highest BCUT2D eigenvalue weighted by Gasteiger charge is 1.99. The fourth-order valence-corrected chi connectivity index (χ4v) is 0.926. The third-order valence-corrected chi connectivity index (χ3v) is 1.27. The van der Waals surface area contributed by atoms with Gasteiger partial charge in [-0.1, -0.05) is 0 Å². The summed E-state index contributed by atoms with van der Waals surface area (Å²) in [7, 11) is 0. The van der Waals surface area contributed by atoms with Crippen molar-refractivity contribution in [3.05, 3.63) is 24.2 Å². The van der Waals surface area contributed by atoms with E-state index in [0.717, 1.165) is 5.76 Å². The maximum Gasteiger partial charge on any atom is 0.199 e. The first-order chi connectivity index (χ1) is 4.29. The zero-order chi connectivity index (χ0) is 6.69. The molecule has 0 aliphatic rings. The average Bonchev–Trinajstić information content (AvgIpc) is 2.15. The monoisotopic (exact) mass is 236 g/mol. The second-order valence-electron chi connectivity index (χ2n) is 1.61. The van der Waals surface area contributed by atoms with Crippen molar-refractivity contribution in [3.63, 3.8) is 0 Å². The highest BCUT2D eigenvalue weighted by molar-refractivity contribution is 14.1. The molecule has 48 valence electrons. The predicted octanol–water partition coefficient (Wildman–Crippen LogP) is 1.78. The Kier molecular flexibility index (Phi) is 2.27. The zero-order valence-corrected chi connectivity index (χ0v) is 6.79. The van der Waals surface area contributed by atoms with Crippen LogP contribution in [0.5, 0.6) is 0 Å². The highest BCUT2D eigenvalue weighted by Crippen LogP contribution is 2.03. The van der Waals surface area contributed by atoms with Gasteiger partial charge in [-0.05, 0) is 12.1 Å². The van der Waals surface area contributed by atoms with Gasteiger partial charge < -0.3 is 4.42 Å². The number of hydrogen-bond donors (Lipinski definition) is 0. The smallest absolute Gasteiger partial charge is 0.199 e. The molecule has 0 unspecified atom stereocenters. The summed E-state index contributed by atoms with van der Waals surface area (Å²) in [5, 5.41) is 0. The fourth-order valence-electron chi connectivity index (χ4n) is 0.550. The Morgan fingerprint density at radius 1 is 1.78 bits per heavy atom. The van der Waals surface area contributed by atoms with Gasteiger partial charge in [0.05, 0.1) is 12.7 Å². The van der Waals surface area contributed by atoms with Crippen molar-refractivity contribution in [2.45, 2.75) is 6.42 Å². The Morgan fingerprint density at radius 2 is 2.56 bits per heavy atom. The Balaban J connectivity index is 2.58. The van der Waals surface area contributed by atoms with Crippen molar-refractivity contribution in [1.29, 1.82) is 0 Å². The van der Waals surface area contributed by atoms with Crippen LogP contribution < -0.4 is 0 Å². The summed E-state index contributed by atoms with van der Waals surface area (Å²) in [5.41, 5.74) is 0. The van der Waals surface area contributed by atoms with E-state index in [2.05, 4.69) is 0 Å². The highest BCUT2D eigenvalue weighted by atomic mass is 127. The Bertz CT molecular complexity index is 191. The molecule has 2 nitrogen and oxygen atoms in total. The molecule has 1 aromatic rings. The van der Waals surface area contributed by atoms with Crippen molar-refractivity contribution in [2.24, 2.45) is 0 Å². The van der Waals surface area contributed by atoms with Crippen LogP contribution in [0.2, 0.25) is 0 Å². The summed E-state index contributed by atoms with van der Waals surface area (Å²) in [4.78, 5) is 10.4.